The van der Waals surface area contributed by atoms with Gasteiger partial charge in [-0.05, 0) is 101 Å². The fourth-order valence-corrected chi connectivity index (χ4v) is 9.86. The van der Waals surface area contributed by atoms with Crippen molar-refractivity contribution < 1.29 is 0 Å². The predicted octanol–water partition coefficient (Wildman–Crippen LogP) is 15.2. The molecule has 246 valence electrons. The van der Waals surface area contributed by atoms with E-state index in [4.69, 9.17) is 0 Å². The molecule has 0 bridgehead atoms. The molecule has 11 rings (SSSR count). The van der Waals surface area contributed by atoms with Crippen LogP contribution in [0.2, 0.25) is 0 Å². The average Bonchev–Trinajstić information content (AvgIpc) is 3.79. The molecule has 0 aliphatic heterocycles. The van der Waals surface area contributed by atoms with Crippen LogP contribution in [0.5, 0.6) is 0 Å². The van der Waals surface area contributed by atoms with Crippen molar-refractivity contribution in [2.45, 2.75) is 0 Å². The van der Waals surface area contributed by atoms with Crippen molar-refractivity contribution in [3.8, 4) is 77.9 Å². The average molecular weight is 689 g/mol. The number of hydrogen-bond acceptors (Lipinski definition) is 1. The molecular formula is C52H32S. The van der Waals surface area contributed by atoms with Gasteiger partial charge in [0.15, 0.2) is 0 Å². The first kappa shape index (κ1) is 30.1. The molecule has 0 saturated heterocycles. The lowest BCUT2D eigenvalue weighted by molar-refractivity contribution is 1.55. The summed E-state index contributed by atoms with van der Waals surface area (Å²) in [5.74, 6) is 0. The molecule has 0 nitrogen and oxygen atoms in total. The van der Waals surface area contributed by atoms with Gasteiger partial charge < -0.3 is 0 Å². The maximum atomic E-state index is 2.44. The molecular weight excluding hydrogens is 657 g/mol. The zero-order chi connectivity index (χ0) is 34.9. The van der Waals surface area contributed by atoms with E-state index in [9.17, 15) is 0 Å². The maximum Gasteiger partial charge on any atom is 0.0433 e. The number of benzene rings is 9. The monoisotopic (exact) mass is 688 g/mol. The SMILES string of the molecule is c1ccc(-c2cc(-c3ccc(-c4ccc(-c5cccc6c5sc5ccccc56)cc4)cc3)c(-c3ccccc3)c3c2-c2cccc4cccc-3c24)cc1. The van der Waals surface area contributed by atoms with Crippen LogP contribution < -0.4 is 0 Å². The second kappa shape index (κ2) is 12.0. The largest absolute Gasteiger partial charge is 0.135 e. The highest BCUT2D eigenvalue weighted by Crippen LogP contribution is 2.57. The Balaban J connectivity index is 1.05. The summed E-state index contributed by atoms with van der Waals surface area (Å²) in [5.41, 5.74) is 17.7. The second-order valence-electron chi connectivity index (χ2n) is 14.0. The summed E-state index contributed by atoms with van der Waals surface area (Å²) in [7, 11) is 0. The molecule has 1 aliphatic rings. The molecule has 1 aromatic heterocycles. The lowest BCUT2D eigenvalue weighted by Gasteiger charge is -2.21. The van der Waals surface area contributed by atoms with E-state index < -0.39 is 0 Å². The molecule has 1 heteroatoms. The minimum Gasteiger partial charge on any atom is -0.135 e. The van der Waals surface area contributed by atoms with Crippen LogP contribution in [0.4, 0.5) is 0 Å². The van der Waals surface area contributed by atoms with Gasteiger partial charge in [0, 0.05) is 20.2 Å². The normalized spacial score (nSPS) is 11.8. The number of rotatable bonds is 5. The zero-order valence-corrected chi connectivity index (χ0v) is 29.7. The minimum absolute atomic E-state index is 1.21. The smallest absolute Gasteiger partial charge is 0.0433 e. The fourth-order valence-electron chi connectivity index (χ4n) is 8.63. The molecule has 0 amide bonds. The van der Waals surface area contributed by atoms with Crippen molar-refractivity contribution in [2.24, 2.45) is 0 Å². The van der Waals surface area contributed by atoms with Crippen molar-refractivity contribution in [3.63, 3.8) is 0 Å². The van der Waals surface area contributed by atoms with Crippen molar-refractivity contribution in [1.82, 2.24) is 0 Å². The van der Waals surface area contributed by atoms with Gasteiger partial charge in [0.05, 0.1) is 0 Å². The second-order valence-corrected chi connectivity index (χ2v) is 15.0. The van der Waals surface area contributed by atoms with Crippen LogP contribution in [-0.4, -0.2) is 0 Å². The van der Waals surface area contributed by atoms with Crippen LogP contribution in [-0.2, 0) is 0 Å². The third-order valence-electron chi connectivity index (χ3n) is 11.0. The minimum atomic E-state index is 1.21. The summed E-state index contributed by atoms with van der Waals surface area (Å²) < 4.78 is 2.69. The first-order valence-corrected chi connectivity index (χ1v) is 19.1. The third-order valence-corrected chi connectivity index (χ3v) is 12.3. The number of hydrogen-bond donors (Lipinski definition) is 0. The van der Waals surface area contributed by atoms with E-state index in [-0.39, 0.29) is 0 Å². The molecule has 0 atom stereocenters. The molecule has 1 heterocycles. The quantitative estimate of drug-likeness (QED) is 0.169. The van der Waals surface area contributed by atoms with Crippen molar-refractivity contribution in [2.75, 3.05) is 0 Å². The van der Waals surface area contributed by atoms with E-state index in [0.717, 1.165) is 0 Å². The summed E-state index contributed by atoms with van der Waals surface area (Å²) in [4.78, 5) is 0. The van der Waals surface area contributed by atoms with Crippen LogP contribution in [0.3, 0.4) is 0 Å². The highest BCUT2D eigenvalue weighted by atomic mass is 32.1. The molecule has 0 N–H and O–H groups in total. The highest BCUT2D eigenvalue weighted by Gasteiger charge is 2.30. The number of thiophene rings is 1. The Hall–Kier alpha value is -6.54. The van der Waals surface area contributed by atoms with Crippen LogP contribution in [0.1, 0.15) is 0 Å². The van der Waals surface area contributed by atoms with Crippen LogP contribution in [0.15, 0.2) is 194 Å². The lowest BCUT2D eigenvalue weighted by Crippen LogP contribution is -1.94. The Morgan fingerprint density at radius 3 is 1.47 bits per heavy atom. The summed E-state index contributed by atoms with van der Waals surface area (Å²) in [5, 5.41) is 5.30. The molecule has 1 aliphatic carbocycles. The van der Waals surface area contributed by atoms with Gasteiger partial charge in [-0.3, -0.25) is 0 Å². The molecule has 0 fully saturated rings. The first-order valence-electron chi connectivity index (χ1n) is 18.3. The van der Waals surface area contributed by atoms with E-state index in [0.29, 0.717) is 0 Å². The summed E-state index contributed by atoms with van der Waals surface area (Å²) in [6, 6.07) is 71.6. The highest BCUT2D eigenvalue weighted by molar-refractivity contribution is 7.26. The third kappa shape index (κ3) is 4.75. The van der Waals surface area contributed by atoms with Gasteiger partial charge in [0.2, 0.25) is 0 Å². The summed E-state index contributed by atoms with van der Waals surface area (Å²) in [6.07, 6.45) is 0. The van der Waals surface area contributed by atoms with Gasteiger partial charge in [-0.15, -0.1) is 11.3 Å². The Labute approximate surface area is 312 Å². The van der Waals surface area contributed by atoms with Crippen LogP contribution >= 0.6 is 11.3 Å². The maximum absolute atomic E-state index is 2.44. The van der Waals surface area contributed by atoms with E-state index in [2.05, 4.69) is 194 Å². The molecule has 10 aromatic rings. The van der Waals surface area contributed by atoms with Gasteiger partial charge in [-0.1, -0.05) is 182 Å². The van der Waals surface area contributed by atoms with Gasteiger partial charge >= 0.3 is 0 Å². The molecule has 0 saturated carbocycles. The molecule has 53 heavy (non-hydrogen) atoms. The van der Waals surface area contributed by atoms with Crippen LogP contribution in [0.25, 0.3) is 109 Å². The molecule has 0 radical (unpaired) electrons. The van der Waals surface area contributed by atoms with Gasteiger partial charge in [0.1, 0.15) is 0 Å². The molecule has 0 spiro atoms. The summed E-state index contributed by atoms with van der Waals surface area (Å²) in [6.45, 7) is 0. The first-order chi connectivity index (χ1) is 26.3. The predicted molar refractivity (Wildman–Crippen MR) is 228 cm³/mol. The topological polar surface area (TPSA) is 0 Å². The Morgan fingerprint density at radius 1 is 0.283 bits per heavy atom. The number of fused-ring (bicyclic) bond motifs is 6. The van der Waals surface area contributed by atoms with Gasteiger partial charge in [-0.2, -0.15) is 0 Å². The molecule has 9 aromatic carbocycles. The van der Waals surface area contributed by atoms with Crippen LogP contribution in [0, 0.1) is 0 Å². The van der Waals surface area contributed by atoms with Crippen molar-refractivity contribution >= 4 is 42.3 Å². The standard InChI is InChI=1S/C52H32S/c1-3-12-35(13-4-1)46-32-45(49(39-14-5-2-6-15-39)51-44-22-10-17-38-16-9-21-43(48(38)44)50(46)51)37-30-26-34(27-31-37)33-24-28-36(29-25-33)40-19-11-20-42-41-18-7-8-23-47(41)53-52(40)42/h1-32H. The van der Waals surface area contributed by atoms with E-state index in [1.807, 2.05) is 11.3 Å². The van der Waals surface area contributed by atoms with Crippen molar-refractivity contribution in [1.29, 1.82) is 0 Å². The lowest BCUT2D eigenvalue weighted by atomic mass is 9.82. The van der Waals surface area contributed by atoms with Crippen molar-refractivity contribution in [3.05, 3.63) is 194 Å². The van der Waals surface area contributed by atoms with Gasteiger partial charge in [-0.25, -0.2) is 0 Å². The Bertz CT molecular complexity index is 3000. The van der Waals surface area contributed by atoms with E-state index in [1.54, 1.807) is 0 Å². The fraction of sp³-hybridized carbons (Fsp3) is 0. The molecule has 0 unspecified atom stereocenters. The summed E-state index contributed by atoms with van der Waals surface area (Å²) >= 11 is 1.88. The zero-order valence-electron chi connectivity index (χ0n) is 28.9. The Morgan fingerprint density at radius 2 is 0.774 bits per heavy atom. The van der Waals surface area contributed by atoms with E-state index in [1.165, 1.54) is 109 Å². The van der Waals surface area contributed by atoms with E-state index >= 15 is 0 Å². The Kier molecular flexibility index (Phi) is 6.83. The van der Waals surface area contributed by atoms with Gasteiger partial charge in [0.25, 0.3) is 0 Å².